The molecule has 14 heteroatoms. The van der Waals surface area contributed by atoms with Crippen molar-refractivity contribution in [3.63, 3.8) is 0 Å². The predicted octanol–water partition coefficient (Wildman–Crippen LogP) is 33.3. The van der Waals surface area contributed by atoms with E-state index in [2.05, 4.69) is 400 Å². The fourth-order valence-electron chi connectivity index (χ4n) is 21.8. The van der Waals surface area contributed by atoms with Crippen molar-refractivity contribution in [2.24, 2.45) is 0 Å². The van der Waals surface area contributed by atoms with E-state index >= 15 is 0 Å². The van der Waals surface area contributed by atoms with Crippen LogP contribution in [-0.4, -0.2) is 68.1 Å². The third kappa shape index (κ3) is 15.0. The van der Waals surface area contributed by atoms with Gasteiger partial charge in [0.15, 0.2) is 52.4 Å². The van der Waals surface area contributed by atoms with E-state index in [1.807, 2.05) is 128 Å². The Balaban J connectivity index is 0.000000107. The lowest BCUT2D eigenvalue weighted by atomic mass is 10.00. The van der Waals surface area contributed by atoms with Gasteiger partial charge < -0.3 is 13.7 Å². The van der Waals surface area contributed by atoms with Crippen LogP contribution in [0.25, 0.3) is 277 Å². The molecule has 0 atom stereocenters. The second-order valence-corrected chi connectivity index (χ2v) is 37.3. The normalized spacial score (nSPS) is 11.6. The summed E-state index contributed by atoms with van der Waals surface area (Å²) in [4.78, 5) is 49.9. The van der Waals surface area contributed by atoms with Gasteiger partial charge in [0.2, 0.25) is 0 Å². The topological polar surface area (TPSA) is 149 Å². The van der Waals surface area contributed by atoms with E-state index in [1.54, 1.807) is 0 Å². The Kier molecular flexibility index (Phi) is 20.9. The van der Waals surface area contributed by atoms with Crippen LogP contribution in [0.15, 0.2) is 510 Å². The molecule has 0 aliphatic heterocycles. The second-order valence-electron chi connectivity index (χ2n) is 37.3. The molecule has 0 fully saturated rings. The Morgan fingerprint density at radius 1 is 0.142 bits per heavy atom. The summed E-state index contributed by atoms with van der Waals surface area (Å²) in [6.45, 7) is 0. The molecule has 690 valence electrons. The average Bonchev–Trinajstić information content (AvgIpc) is 1.46. The van der Waals surface area contributed by atoms with Crippen molar-refractivity contribution < 1.29 is 0 Å². The Morgan fingerprint density at radius 2 is 0.419 bits per heavy atom. The number of nitrogens with zero attached hydrogens (tertiary/aromatic N) is 14. The lowest BCUT2D eigenvalue weighted by molar-refractivity contribution is 1.05. The largest absolute Gasteiger partial charge is 0.309 e. The number of rotatable bonds is 13. The minimum absolute atomic E-state index is 0.575. The molecule has 30 aromatic rings. The van der Waals surface area contributed by atoms with E-state index in [1.165, 1.54) is 119 Å². The summed E-state index contributed by atoms with van der Waals surface area (Å²) in [5.41, 5.74) is 20.9. The molecule has 0 N–H and O–H groups in total. The minimum atomic E-state index is 0.575. The van der Waals surface area contributed by atoms with Crippen LogP contribution in [0.3, 0.4) is 0 Å². The summed E-state index contributed by atoms with van der Waals surface area (Å²) >= 11 is 0. The molecule has 0 bridgehead atoms. The second kappa shape index (κ2) is 36.1. The summed E-state index contributed by atoms with van der Waals surface area (Å²) in [5.74, 6) is 6.53. The van der Waals surface area contributed by atoms with E-state index < -0.39 is 0 Å². The summed E-state index contributed by atoms with van der Waals surface area (Å²) in [5, 5.41) is 24.5. The summed E-state index contributed by atoms with van der Waals surface area (Å²) in [6.07, 6.45) is 1.88. The van der Waals surface area contributed by atoms with E-state index in [9.17, 15) is 0 Å². The Hall–Kier alpha value is -20.2. The van der Waals surface area contributed by atoms with Crippen molar-refractivity contribution in [1.29, 1.82) is 0 Å². The van der Waals surface area contributed by atoms with Crippen LogP contribution < -0.4 is 0 Å². The molecule has 14 nitrogen and oxygen atoms in total. The number of para-hydroxylation sites is 3. The zero-order valence-electron chi connectivity index (χ0n) is 79.8. The summed E-state index contributed by atoms with van der Waals surface area (Å²) in [6, 6.07) is 176. The first-order valence-electron chi connectivity index (χ1n) is 49.7. The zero-order chi connectivity index (χ0) is 97.6. The number of benzene rings is 22. The van der Waals surface area contributed by atoms with Gasteiger partial charge in [-0.15, -0.1) is 0 Å². The van der Waals surface area contributed by atoms with Gasteiger partial charge in [0.1, 0.15) is 5.82 Å². The standard InChI is InChI=1S/2C45H28N4.C44H28N6/c1-2-14-32(15-3-1)43-46-44(48-45(47-43)38-20-10-16-29-11-4-7-17-35(29)38)33-21-25-34(26-22-33)49-39-27-23-30-12-5-8-18-36(30)41(39)42-37-19-9-6-13-31(37)24-28-40(42)49;1-2-13-32(14-3-1)43-46-44(48-45(47-43)35-19-18-29-10-4-5-15-34(29)28-35)33-20-24-36(25-21-33)49-39-26-22-30-11-6-8-16-37(30)41(39)42-38-17-9-7-12-31(38)23-27-40(42)49;1-4-14-29(15-5-1)42-46-43(30-16-6-2-7-17-30)48-44(47-42)31-24-27-39(45-28-31)50-38-23-13-11-21-34(38)36-26-25-35-33-20-10-12-22-37(33)49(40(35)41(36)50)32-18-8-3-9-19-32/h2*1-28H;1-28H. The van der Waals surface area contributed by atoms with Crippen molar-refractivity contribution in [3.05, 3.63) is 510 Å². The van der Waals surface area contributed by atoms with E-state index in [-0.39, 0.29) is 0 Å². The van der Waals surface area contributed by atoms with Crippen LogP contribution >= 0.6 is 0 Å². The van der Waals surface area contributed by atoms with Gasteiger partial charge in [0.05, 0.1) is 44.1 Å². The Bertz CT molecular complexity index is 10200. The van der Waals surface area contributed by atoms with Crippen molar-refractivity contribution >= 4 is 152 Å². The van der Waals surface area contributed by atoms with E-state index in [4.69, 9.17) is 49.8 Å². The quantitative estimate of drug-likeness (QED) is 0.109. The molecule has 0 radical (unpaired) electrons. The van der Waals surface area contributed by atoms with Gasteiger partial charge in [-0.05, 0) is 180 Å². The van der Waals surface area contributed by atoms with Gasteiger partial charge in [-0.1, -0.05) is 388 Å². The summed E-state index contributed by atoms with van der Waals surface area (Å²) in [7, 11) is 0. The van der Waals surface area contributed by atoms with Crippen LogP contribution in [0.2, 0.25) is 0 Å². The van der Waals surface area contributed by atoms with Crippen molar-refractivity contribution in [2.45, 2.75) is 0 Å². The first-order chi connectivity index (χ1) is 73.4. The highest BCUT2D eigenvalue weighted by atomic mass is 15.1. The predicted molar refractivity (Wildman–Crippen MR) is 609 cm³/mol. The van der Waals surface area contributed by atoms with Gasteiger partial charge in [-0.3, -0.25) is 4.57 Å². The molecule has 22 aromatic carbocycles. The van der Waals surface area contributed by atoms with E-state index in [0.717, 1.165) is 106 Å². The maximum absolute atomic E-state index is 5.12. The molecule has 0 spiro atoms. The molecule has 0 aliphatic carbocycles. The fourth-order valence-corrected chi connectivity index (χ4v) is 21.8. The van der Waals surface area contributed by atoms with Gasteiger partial charge in [0, 0.05) is 116 Å². The van der Waals surface area contributed by atoms with Crippen LogP contribution in [0.5, 0.6) is 0 Å². The van der Waals surface area contributed by atoms with Crippen LogP contribution in [-0.2, 0) is 0 Å². The number of fused-ring (bicyclic) bond motifs is 23. The van der Waals surface area contributed by atoms with Gasteiger partial charge >= 0.3 is 0 Å². The van der Waals surface area contributed by atoms with Gasteiger partial charge in [0.25, 0.3) is 0 Å². The van der Waals surface area contributed by atoms with Crippen molar-refractivity contribution in [1.82, 2.24) is 68.1 Å². The smallest absolute Gasteiger partial charge is 0.165 e. The molecule has 0 aliphatic rings. The molecule has 0 unspecified atom stereocenters. The number of pyridine rings is 1. The fraction of sp³-hybridized carbons (Fsp3) is 0. The lowest BCUT2D eigenvalue weighted by Gasteiger charge is -2.12. The highest BCUT2D eigenvalue weighted by molar-refractivity contribution is 6.31. The number of aromatic nitrogens is 14. The average molecular weight is 1890 g/mol. The van der Waals surface area contributed by atoms with Gasteiger partial charge in [-0.25, -0.2) is 49.8 Å². The molecule has 0 saturated heterocycles. The highest BCUT2D eigenvalue weighted by Gasteiger charge is 2.27. The van der Waals surface area contributed by atoms with Crippen LogP contribution in [0.1, 0.15) is 0 Å². The SMILES string of the molecule is c1ccc(-c2nc(-c3ccc(-n4c5ccc6ccccc6c5c5c6ccccc6ccc54)cc3)nc(-c3ccc4ccccc4c3)n2)cc1.c1ccc(-c2nc(-c3ccc(-n4c5ccc6ccccc6c5c5c6ccccc6ccc54)cc3)nc(-c3cccc4ccccc34)n2)cc1.c1ccc(-c2nc(-c3ccccc3)nc(-c3ccc(-n4c5ccccc5c5ccc6c7ccccc7n(-c7ccccc7)c6c54)nc3)n2)cc1. The molecule has 148 heavy (non-hydrogen) atoms. The zero-order valence-corrected chi connectivity index (χ0v) is 79.8. The maximum atomic E-state index is 5.12. The van der Waals surface area contributed by atoms with Gasteiger partial charge in [-0.2, -0.15) is 0 Å². The third-order valence-corrected chi connectivity index (χ3v) is 28.6. The summed E-state index contributed by atoms with van der Waals surface area (Å²) < 4.78 is 9.46. The molecule has 0 saturated carbocycles. The lowest BCUT2D eigenvalue weighted by Crippen LogP contribution is -2.02. The minimum Gasteiger partial charge on any atom is -0.309 e. The molecule has 30 rings (SSSR count). The van der Waals surface area contributed by atoms with Crippen molar-refractivity contribution in [2.75, 3.05) is 0 Å². The first-order valence-corrected chi connectivity index (χ1v) is 49.7. The van der Waals surface area contributed by atoms with Crippen molar-refractivity contribution in [3.8, 4) is 125 Å². The molecule has 8 aromatic heterocycles. The molecular formula is C134H84N14. The molecular weight excluding hydrogens is 1810 g/mol. The third-order valence-electron chi connectivity index (χ3n) is 28.6. The monoisotopic (exact) mass is 1890 g/mol. The highest BCUT2D eigenvalue weighted by Crippen LogP contribution is 2.47. The Labute approximate surface area is 849 Å². The molecule has 8 heterocycles. The maximum Gasteiger partial charge on any atom is 0.165 e. The number of hydrogen-bond acceptors (Lipinski definition) is 10. The van der Waals surface area contributed by atoms with Crippen LogP contribution in [0.4, 0.5) is 0 Å². The number of hydrogen-bond donors (Lipinski definition) is 0. The Morgan fingerprint density at radius 3 is 0.818 bits per heavy atom. The molecule has 0 amide bonds. The first kappa shape index (κ1) is 85.7. The van der Waals surface area contributed by atoms with E-state index in [0.29, 0.717) is 52.4 Å². The van der Waals surface area contributed by atoms with Crippen LogP contribution in [0, 0.1) is 0 Å².